The summed E-state index contributed by atoms with van der Waals surface area (Å²) in [6.07, 6.45) is 0. The molecule has 1 N–H and O–H groups in total. The number of rotatable bonds is 4. The molecule has 1 saturated heterocycles. The van der Waals surface area contributed by atoms with Crippen molar-refractivity contribution in [2.75, 3.05) is 26.2 Å². The maximum Gasteiger partial charge on any atom is 0.324 e. The summed E-state index contributed by atoms with van der Waals surface area (Å²) < 4.78 is 7.07. The van der Waals surface area contributed by atoms with Gasteiger partial charge < -0.3 is 14.6 Å². The van der Waals surface area contributed by atoms with Gasteiger partial charge in [-0.1, -0.05) is 0 Å². The summed E-state index contributed by atoms with van der Waals surface area (Å²) >= 11 is 0. The van der Waals surface area contributed by atoms with Gasteiger partial charge in [0.25, 0.3) is 0 Å². The van der Waals surface area contributed by atoms with Gasteiger partial charge in [-0.05, 0) is 13.8 Å². The fraction of sp³-hybridized carbons (Fsp3) is 0.750. The zero-order valence-electron chi connectivity index (χ0n) is 11.7. The van der Waals surface area contributed by atoms with Crippen LogP contribution in [0.15, 0.2) is 0 Å². The molecule has 7 nitrogen and oxygen atoms in total. The Morgan fingerprint density at radius 2 is 2.32 bits per heavy atom. The van der Waals surface area contributed by atoms with Gasteiger partial charge in [-0.2, -0.15) is 0 Å². The Kier molecular flexibility index (Phi) is 4.49. The van der Waals surface area contributed by atoms with E-state index < -0.39 is 0 Å². The number of ether oxygens (including phenoxy) is 1. The van der Waals surface area contributed by atoms with Crippen LogP contribution in [-0.2, 0) is 23.1 Å². The first-order valence-corrected chi connectivity index (χ1v) is 6.59. The lowest BCUT2D eigenvalue weighted by Gasteiger charge is -2.33. The van der Waals surface area contributed by atoms with E-state index in [-0.39, 0.29) is 12.0 Å². The summed E-state index contributed by atoms with van der Waals surface area (Å²) in [5.74, 6) is 1.57. The molecule has 0 aliphatic carbocycles. The number of nitrogens with zero attached hydrogens (tertiary/aromatic N) is 4. The number of hydrogen-bond acceptors (Lipinski definition) is 6. The van der Waals surface area contributed by atoms with Crippen molar-refractivity contribution in [3.63, 3.8) is 0 Å². The molecule has 0 bridgehead atoms. The van der Waals surface area contributed by atoms with Crippen molar-refractivity contribution in [2.45, 2.75) is 26.4 Å². The lowest BCUT2D eigenvalue weighted by atomic mass is 10.2. The van der Waals surface area contributed by atoms with Crippen molar-refractivity contribution in [2.24, 2.45) is 7.05 Å². The second-order valence-corrected chi connectivity index (χ2v) is 4.66. The molecule has 1 unspecified atom stereocenters. The Morgan fingerprint density at radius 3 is 2.95 bits per heavy atom. The van der Waals surface area contributed by atoms with Gasteiger partial charge in [-0.3, -0.25) is 9.69 Å². The summed E-state index contributed by atoms with van der Waals surface area (Å²) in [5, 5.41) is 11.4. The predicted octanol–water partition coefficient (Wildman–Crippen LogP) is -0.540. The smallest absolute Gasteiger partial charge is 0.324 e. The van der Waals surface area contributed by atoms with E-state index in [2.05, 4.69) is 20.4 Å². The molecule has 1 aliphatic heterocycles. The van der Waals surface area contributed by atoms with Gasteiger partial charge in [0, 0.05) is 26.7 Å². The summed E-state index contributed by atoms with van der Waals surface area (Å²) in [4.78, 5) is 14.0. The van der Waals surface area contributed by atoms with E-state index >= 15 is 0 Å². The first-order valence-electron chi connectivity index (χ1n) is 6.59. The molecule has 1 fully saturated rings. The number of piperazine rings is 1. The third kappa shape index (κ3) is 3.10. The Hall–Kier alpha value is -1.47. The van der Waals surface area contributed by atoms with Crippen LogP contribution >= 0.6 is 0 Å². The molecule has 1 aromatic rings. The maximum atomic E-state index is 11.9. The number of hydrogen-bond donors (Lipinski definition) is 1. The lowest BCUT2D eigenvalue weighted by Crippen LogP contribution is -2.55. The normalized spacial score (nSPS) is 20.5. The van der Waals surface area contributed by atoms with Crippen LogP contribution in [0.1, 0.15) is 18.6 Å². The van der Waals surface area contributed by atoms with Gasteiger partial charge in [0.2, 0.25) is 0 Å². The number of nitrogens with one attached hydrogen (secondary N) is 1. The second-order valence-electron chi connectivity index (χ2n) is 4.66. The maximum absolute atomic E-state index is 11.9. The molecule has 0 saturated carbocycles. The minimum atomic E-state index is -0.245. The zero-order valence-corrected chi connectivity index (χ0v) is 11.7. The molecule has 0 aromatic carbocycles. The van der Waals surface area contributed by atoms with E-state index in [1.54, 1.807) is 0 Å². The Bertz CT molecular complexity index is 445. The van der Waals surface area contributed by atoms with Crippen molar-refractivity contribution in [1.82, 2.24) is 25.0 Å². The highest BCUT2D eigenvalue weighted by Crippen LogP contribution is 2.10. The van der Waals surface area contributed by atoms with E-state index in [4.69, 9.17) is 4.74 Å². The van der Waals surface area contributed by atoms with Gasteiger partial charge >= 0.3 is 5.97 Å². The third-order valence-electron chi connectivity index (χ3n) is 3.44. The zero-order chi connectivity index (χ0) is 13.8. The Labute approximate surface area is 112 Å². The monoisotopic (exact) mass is 267 g/mol. The van der Waals surface area contributed by atoms with Crippen molar-refractivity contribution in [3.8, 4) is 0 Å². The van der Waals surface area contributed by atoms with Gasteiger partial charge in [0.05, 0.1) is 13.2 Å². The van der Waals surface area contributed by atoms with E-state index in [9.17, 15) is 4.79 Å². The number of carbonyl (C=O) groups excluding carboxylic acids is 1. The SMILES string of the molecule is CCOC(=O)C1CNCCN1Cc1nnc(C)n1C. The van der Waals surface area contributed by atoms with E-state index in [1.807, 2.05) is 25.5 Å². The minimum Gasteiger partial charge on any atom is -0.465 e. The molecular weight excluding hydrogens is 246 g/mol. The summed E-state index contributed by atoms with van der Waals surface area (Å²) in [5.41, 5.74) is 0. The minimum absolute atomic E-state index is 0.173. The average Bonchev–Trinajstić information content (AvgIpc) is 2.72. The highest BCUT2D eigenvalue weighted by Gasteiger charge is 2.30. The van der Waals surface area contributed by atoms with Gasteiger partial charge in [0.15, 0.2) is 0 Å². The van der Waals surface area contributed by atoms with Crippen LogP contribution in [0.25, 0.3) is 0 Å². The fourth-order valence-electron chi connectivity index (χ4n) is 2.18. The highest BCUT2D eigenvalue weighted by atomic mass is 16.5. The van der Waals surface area contributed by atoms with Crippen molar-refractivity contribution >= 4 is 5.97 Å². The summed E-state index contributed by atoms with van der Waals surface area (Å²) in [6.45, 7) is 7.05. The molecule has 0 amide bonds. The van der Waals surface area contributed by atoms with Crippen molar-refractivity contribution in [1.29, 1.82) is 0 Å². The molecule has 1 atom stereocenters. The van der Waals surface area contributed by atoms with E-state index in [0.717, 1.165) is 24.7 Å². The Morgan fingerprint density at radius 1 is 1.53 bits per heavy atom. The number of carbonyl (C=O) groups is 1. The van der Waals surface area contributed by atoms with E-state index in [1.165, 1.54) is 0 Å². The summed E-state index contributed by atoms with van der Waals surface area (Å²) in [6, 6.07) is -0.245. The van der Waals surface area contributed by atoms with Crippen molar-refractivity contribution < 1.29 is 9.53 Å². The van der Waals surface area contributed by atoms with E-state index in [0.29, 0.717) is 19.7 Å². The third-order valence-corrected chi connectivity index (χ3v) is 3.44. The van der Waals surface area contributed by atoms with Gasteiger partial charge in [0.1, 0.15) is 17.7 Å². The molecule has 0 spiro atoms. The molecule has 0 radical (unpaired) electrons. The van der Waals surface area contributed by atoms with Crippen LogP contribution in [0.5, 0.6) is 0 Å². The van der Waals surface area contributed by atoms with Gasteiger partial charge in [-0.25, -0.2) is 0 Å². The standard InChI is InChI=1S/C12H21N5O2/c1-4-19-12(18)10-7-13-5-6-17(10)8-11-15-14-9(2)16(11)3/h10,13H,4-8H2,1-3H3. The molecule has 19 heavy (non-hydrogen) atoms. The molecule has 7 heteroatoms. The lowest BCUT2D eigenvalue weighted by molar-refractivity contribution is -0.150. The first-order chi connectivity index (χ1) is 9.13. The molecular formula is C12H21N5O2. The molecule has 1 aromatic heterocycles. The second kappa shape index (κ2) is 6.12. The van der Waals surface area contributed by atoms with Crippen LogP contribution in [0.3, 0.4) is 0 Å². The van der Waals surface area contributed by atoms with Crippen LogP contribution < -0.4 is 5.32 Å². The molecule has 2 heterocycles. The topological polar surface area (TPSA) is 72.3 Å². The fourth-order valence-corrected chi connectivity index (χ4v) is 2.18. The van der Waals surface area contributed by atoms with Crippen LogP contribution in [0, 0.1) is 6.92 Å². The Balaban J connectivity index is 2.07. The highest BCUT2D eigenvalue weighted by molar-refractivity contribution is 5.76. The largest absolute Gasteiger partial charge is 0.465 e. The van der Waals surface area contributed by atoms with Crippen molar-refractivity contribution in [3.05, 3.63) is 11.6 Å². The molecule has 1 aliphatic rings. The number of aryl methyl sites for hydroxylation is 1. The average molecular weight is 267 g/mol. The summed E-state index contributed by atoms with van der Waals surface area (Å²) in [7, 11) is 1.94. The predicted molar refractivity (Wildman–Crippen MR) is 69.4 cm³/mol. The number of aromatic nitrogens is 3. The van der Waals surface area contributed by atoms with Crippen LogP contribution in [0.4, 0.5) is 0 Å². The first kappa shape index (κ1) is 14.0. The molecule has 2 rings (SSSR count). The molecule has 106 valence electrons. The quantitative estimate of drug-likeness (QED) is 0.739. The number of esters is 1. The van der Waals surface area contributed by atoms with Crippen LogP contribution in [0.2, 0.25) is 0 Å². The van der Waals surface area contributed by atoms with Crippen LogP contribution in [-0.4, -0.2) is 57.9 Å². The van der Waals surface area contributed by atoms with Gasteiger partial charge in [-0.15, -0.1) is 10.2 Å².